The molecule has 2 atom stereocenters. The minimum absolute atomic E-state index is 0.100. The Bertz CT molecular complexity index is 1080. The van der Waals surface area contributed by atoms with E-state index in [1.165, 1.54) is 13.0 Å². The highest BCUT2D eigenvalue weighted by atomic mass is 16.5. The zero-order valence-electron chi connectivity index (χ0n) is 27.9. The first-order valence-electron chi connectivity index (χ1n) is 15.1. The summed E-state index contributed by atoms with van der Waals surface area (Å²) in [7, 11) is 1.65. The Morgan fingerprint density at radius 3 is 2.09 bits per heavy atom. The summed E-state index contributed by atoms with van der Waals surface area (Å²) in [5.74, 6) is -1.01. The van der Waals surface area contributed by atoms with E-state index in [4.69, 9.17) is 15.3 Å². The van der Waals surface area contributed by atoms with E-state index >= 15 is 0 Å². The third-order valence-corrected chi connectivity index (χ3v) is 6.03. The van der Waals surface area contributed by atoms with Gasteiger partial charge in [0, 0.05) is 38.3 Å². The number of methoxy groups -OCH3 is 1. The van der Waals surface area contributed by atoms with Crippen LogP contribution in [0.3, 0.4) is 0 Å². The van der Waals surface area contributed by atoms with Gasteiger partial charge in [-0.3, -0.25) is 28.9 Å². The first-order valence-corrected chi connectivity index (χ1v) is 15.1. The zero-order chi connectivity index (χ0) is 35.3. The van der Waals surface area contributed by atoms with Crippen molar-refractivity contribution in [3.05, 3.63) is 42.0 Å². The van der Waals surface area contributed by atoms with E-state index in [0.717, 1.165) is 22.4 Å². The maximum Gasteiger partial charge on any atom is 0.312 e. The Hall–Kier alpha value is -4.59. The SMILES string of the molecule is C/C=C\C(=O)N(C=O)CCCCC(=O)NC(C(=O)NC(C)CCCNC(N)=O)C(C)C.CC=O.COCc1ccc(NC=O)cc1. The summed E-state index contributed by atoms with van der Waals surface area (Å²) in [4.78, 5) is 78.0. The van der Waals surface area contributed by atoms with Gasteiger partial charge in [-0.05, 0) is 76.1 Å². The first-order chi connectivity index (χ1) is 21.9. The third-order valence-electron chi connectivity index (χ3n) is 6.03. The van der Waals surface area contributed by atoms with Crippen molar-refractivity contribution < 1.29 is 38.3 Å². The van der Waals surface area contributed by atoms with E-state index in [1.807, 2.05) is 45.0 Å². The molecule has 1 rings (SSSR count). The lowest BCUT2D eigenvalue weighted by Crippen LogP contribution is -2.51. The van der Waals surface area contributed by atoms with E-state index in [2.05, 4.69) is 21.3 Å². The van der Waals surface area contributed by atoms with Crippen LogP contribution >= 0.6 is 0 Å². The number of urea groups is 1. The van der Waals surface area contributed by atoms with Gasteiger partial charge in [-0.15, -0.1) is 0 Å². The topological polar surface area (TPSA) is 206 Å². The second kappa shape index (κ2) is 27.9. The molecule has 46 heavy (non-hydrogen) atoms. The van der Waals surface area contributed by atoms with Crippen molar-refractivity contribution in [3.63, 3.8) is 0 Å². The number of primary amides is 1. The predicted molar refractivity (Wildman–Crippen MR) is 176 cm³/mol. The molecule has 0 saturated carbocycles. The van der Waals surface area contributed by atoms with Crippen LogP contribution in [-0.2, 0) is 40.1 Å². The molecule has 14 nitrogen and oxygen atoms in total. The summed E-state index contributed by atoms with van der Waals surface area (Å²) < 4.78 is 4.94. The highest BCUT2D eigenvalue weighted by molar-refractivity contribution is 5.94. The first kappa shape index (κ1) is 43.5. The van der Waals surface area contributed by atoms with Crippen molar-refractivity contribution in [2.45, 2.75) is 85.4 Å². The number of nitrogens with two attached hydrogens (primary N) is 1. The fraction of sp³-hybridized carbons (Fsp3) is 0.531. The summed E-state index contributed by atoms with van der Waals surface area (Å²) in [6, 6.07) is 6.13. The van der Waals surface area contributed by atoms with E-state index in [0.29, 0.717) is 51.7 Å². The highest BCUT2D eigenvalue weighted by Crippen LogP contribution is 2.09. The number of hydrogen-bond acceptors (Lipinski definition) is 8. The Kier molecular flexibility index (Phi) is 26.4. The molecule has 0 aliphatic rings. The molecule has 14 heteroatoms. The molecule has 0 bridgehead atoms. The molecule has 0 aromatic heterocycles. The van der Waals surface area contributed by atoms with Crippen LogP contribution in [-0.4, -0.2) is 80.0 Å². The van der Waals surface area contributed by atoms with Crippen molar-refractivity contribution >= 4 is 48.5 Å². The molecule has 258 valence electrons. The molecular formula is C32H52N6O8. The number of unbranched alkanes of at least 4 members (excludes halogenated alkanes) is 1. The van der Waals surface area contributed by atoms with Crippen molar-refractivity contribution in [1.82, 2.24) is 20.9 Å². The smallest absolute Gasteiger partial charge is 0.312 e. The van der Waals surface area contributed by atoms with Crippen LogP contribution in [0.25, 0.3) is 0 Å². The molecule has 7 amide bonds. The van der Waals surface area contributed by atoms with Gasteiger partial charge in [0.15, 0.2) is 0 Å². The number of anilines is 1. The van der Waals surface area contributed by atoms with E-state index < -0.39 is 18.0 Å². The van der Waals surface area contributed by atoms with Crippen LogP contribution in [0.2, 0.25) is 0 Å². The minimum Gasteiger partial charge on any atom is -0.380 e. The molecule has 0 radical (unpaired) electrons. The predicted octanol–water partition coefficient (Wildman–Crippen LogP) is 2.42. The minimum atomic E-state index is -0.665. The third kappa shape index (κ3) is 22.9. The van der Waals surface area contributed by atoms with Gasteiger partial charge in [0.1, 0.15) is 12.3 Å². The Balaban J connectivity index is 0. The van der Waals surface area contributed by atoms with Gasteiger partial charge in [-0.2, -0.15) is 0 Å². The van der Waals surface area contributed by atoms with Crippen molar-refractivity contribution in [1.29, 1.82) is 0 Å². The Morgan fingerprint density at radius 1 is 0.957 bits per heavy atom. The number of nitrogens with one attached hydrogen (secondary N) is 4. The number of nitrogens with zero attached hydrogens (tertiary/aromatic N) is 1. The van der Waals surface area contributed by atoms with Gasteiger partial charge in [0.25, 0.3) is 5.91 Å². The monoisotopic (exact) mass is 648 g/mol. The van der Waals surface area contributed by atoms with Crippen LogP contribution in [0.1, 0.15) is 72.3 Å². The number of imide groups is 1. The van der Waals surface area contributed by atoms with E-state index in [9.17, 15) is 28.8 Å². The molecule has 0 fully saturated rings. The van der Waals surface area contributed by atoms with E-state index in [1.54, 1.807) is 20.1 Å². The van der Waals surface area contributed by atoms with Gasteiger partial charge in [0.05, 0.1) is 6.61 Å². The summed E-state index contributed by atoms with van der Waals surface area (Å²) in [6.45, 7) is 9.95. The fourth-order valence-corrected chi connectivity index (χ4v) is 3.76. The van der Waals surface area contributed by atoms with Gasteiger partial charge in [-0.25, -0.2) is 4.79 Å². The average molecular weight is 649 g/mol. The second-order valence-electron chi connectivity index (χ2n) is 10.4. The summed E-state index contributed by atoms with van der Waals surface area (Å²) in [6.07, 6.45) is 7.23. The maximum atomic E-state index is 12.6. The van der Waals surface area contributed by atoms with Gasteiger partial charge in [-0.1, -0.05) is 32.1 Å². The van der Waals surface area contributed by atoms with Crippen molar-refractivity contribution in [2.24, 2.45) is 11.7 Å². The standard InChI is InChI=1S/C21H37N5O5.C9H11NO2.C2H4O/c1-5-9-18(29)26(14-27)13-7-6-11-17(28)25-19(15(2)3)20(30)24-16(4)10-8-12-23-21(22)31;1-12-6-8-2-4-9(5-3-8)10-7-11;1-2-3/h5,9,14-16,19H,6-8,10-13H2,1-4H3,(H,24,30)(H,25,28)(H3,22,23,31);2-5,7H,6H2,1H3,(H,10,11);2H,1H3/b9-5-;;. The maximum absolute atomic E-state index is 12.6. The number of allylic oxidation sites excluding steroid dienone is 1. The molecule has 0 heterocycles. The lowest BCUT2D eigenvalue weighted by molar-refractivity contribution is -0.134. The molecule has 2 unspecified atom stereocenters. The van der Waals surface area contributed by atoms with Crippen LogP contribution in [0.15, 0.2) is 36.4 Å². The molecule has 6 N–H and O–H groups in total. The van der Waals surface area contributed by atoms with Gasteiger partial charge in [0.2, 0.25) is 24.6 Å². The van der Waals surface area contributed by atoms with Crippen LogP contribution in [0.5, 0.6) is 0 Å². The molecular weight excluding hydrogens is 596 g/mol. The second-order valence-corrected chi connectivity index (χ2v) is 10.4. The van der Waals surface area contributed by atoms with Gasteiger partial charge < -0.3 is 36.5 Å². The zero-order valence-corrected chi connectivity index (χ0v) is 27.9. The van der Waals surface area contributed by atoms with Crippen LogP contribution in [0, 0.1) is 5.92 Å². The lowest BCUT2D eigenvalue weighted by Gasteiger charge is -2.24. The molecule has 1 aromatic rings. The number of hydrogen-bond donors (Lipinski definition) is 5. The van der Waals surface area contributed by atoms with Crippen molar-refractivity contribution in [3.8, 4) is 0 Å². The quantitative estimate of drug-likeness (QED) is 0.0853. The van der Waals surface area contributed by atoms with Crippen LogP contribution < -0.4 is 27.0 Å². The van der Waals surface area contributed by atoms with Gasteiger partial charge >= 0.3 is 6.03 Å². The number of benzene rings is 1. The Morgan fingerprint density at radius 2 is 1.59 bits per heavy atom. The van der Waals surface area contributed by atoms with E-state index in [-0.39, 0.29) is 36.7 Å². The number of rotatable bonds is 19. The highest BCUT2D eigenvalue weighted by Gasteiger charge is 2.25. The normalized spacial score (nSPS) is 11.4. The average Bonchev–Trinajstić information content (AvgIpc) is 3.00. The lowest BCUT2D eigenvalue weighted by atomic mass is 10.0. The summed E-state index contributed by atoms with van der Waals surface area (Å²) in [5, 5.41) is 10.7. The molecule has 0 spiro atoms. The number of ether oxygens (including phenoxy) is 1. The summed E-state index contributed by atoms with van der Waals surface area (Å²) >= 11 is 0. The summed E-state index contributed by atoms with van der Waals surface area (Å²) in [5.41, 5.74) is 6.89. The molecule has 0 saturated heterocycles. The largest absolute Gasteiger partial charge is 0.380 e. The molecule has 0 aliphatic carbocycles. The molecule has 1 aromatic carbocycles. The Labute approximate surface area is 272 Å². The fourth-order valence-electron chi connectivity index (χ4n) is 3.76. The van der Waals surface area contributed by atoms with Crippen molar-refractivity contribution in [2.75, 3.05) is 25.5 Å². The number of aldehydes is 1. The number of carbonyl (C=O) groups excluding carboxylic acids is 7. The number of carbonyl (C=O) groups is 7. The van der Waals surface area contributed by atoms with Crippen LogP contribution in [0.4, 0.5) is 10.5 Å². The molecule has 0 aliphatic heterocycles. The number of amides is 7.